The van der Waals surface area contributed by atoms with Crippen LogP contribution in [0, 0.1) is 34.4 Å². The Morgan fingerprint density at radius 2 is 2.00 bits per heavy atom. The molecule has 1 aromatic carbocycles. The van der Waals surface area contributed by atoms with Crippen LogP contribution in [0.2, 0.25) is 0 Å². The van der Waals surface area contributed by atoms with Crippen LogP contribution < -0.4 is 0 Å². The fourth-order valence-corrected chi connectivity index (χ4v) is 7.55. The monoisotopic (exact) mass is 409 g/mol. The number of carbonyl (C=O) groups is 1. The number of aliphatic hydroxyl groups is 1. The van der Waals surface area contributed by atoms with Gasteiger partial charge < -0.3 is 10.0 Å². The van der Waals surface area contributed by atoms with Crippen molar-refractivity contribution < 1.29 is 14.3 Å². The highest BCUT2D eigenvalue weighted by molar-refractivity contribution is 5.89. The maximum atomic E-state index is 13.7. The Bertz CT molecular complexity index is 939. The first-order valence-corrected chi connectivity index (χ1v) is 11.3. The predicted octanol–water partition coefficient (Wildman–Crippen LogP) is 4.82. The van der Waals surface area contributed by atoms with Crippen molar-refractivity contribution in [2.45, 2.75) is 58.1 Å². The first-order chi connectivity index (χ1) is 14.2. The van der Waals surface area contributed by atoms with Crippen molar-refractivity contribution in [2.75, 3.05) is 7.05 Å². The highest BCUT2D eigenvalue weighted by Crippen LogP contribution is 2.64. The highest BCUT2D eigenvalue weighted by Gasteiger charge is 2.61. The van der Waals surface area contributed by atoms with E-state index < -0.39 is 6.10 Å². The standard InChI is InChI=1S/C26H32FNO2/c1-25-12-10-23(29)28(3)22(25)8-7-19-20(25)9-11-26(2)21(19)15-17(24(26)30)13-16-5-4-6-18(27)14-16/h4-6,10,12-14,19-22,24,30H,7-9,11,15H2,1-3H3/t19-,20-,21+,22?,24?,25-,26+/m1/s1. The smallest absolute Gasteiger partial charge is 0.246 e. The van der Waals surface area contributed by atoms with Crippen LogP contribution in [0.4, 0.5) is 4.39 Å². The minimum absolute atomic E-state index is 0.00683. The lowest BCUT2D eigenvalue weighted by Gasteiger charge is -2.59. The molecule has 1 aromatic rings. The van der Waals surface area contributed by atoms with Crippen molar-refractivity contribution in [1.82, 2.24) is 4.90 Å². The second kappa shape index (κ2) is 6.78. The number of hydrogen-bond donors (Lipinski definition) is 1. The van der Waals surface area contributed by atoms with Gasteiger partial charge >= 0.3 is 0 Å². The zero-order valence-corrected chi connectivity index (χ0v) is 18.1. The quantitative estimate of drug-likeness (QED) is 0.722. The SMILES string of the molecule is CN1C(=O)C=C[C@@]2(C)C1CC[C@@H]1[C@H]2CC[C@]2(C)C(O)C(=Cc3cccc(F)c3)C[C@@H]12. The molecule has 0 bridgehead atoms. The molecule has 0 aromatic heterocycles. The topological polar surface area (TPSA) is 40.5 Å². The lowest BCUT2D eigenvalue weighted by molar-refractivity contribution is -0.140. The predicted molar refractivity (Wildman–Crippen MR) is 116 cm³/mol. The molecule has 5 rings (SSSR count). The molecule has 0 saturated heterocycles. The van der Waals surface area contributed by atoms with E-state index in [1.165, 1.54) is 6.07 Å². The molecule has 0 radical (unpaired) electrons. The molecule has 1 amide bonds. The molecule has 1 heterocycles. The summed E-state index contributed by atoms with van der Waals surface area (Å²) in [5.74, 6) is 1.38. The maximum Gasteiger partial charge on any atom is 0.246 e. The molecule has 4 aliphatic rings. The van der Waals surface area contributed by atoms with Crippen molar-refractivity contribution in [3.8, 4) is 0 Å². The number of amides is 1. The summed E-state index contributed by atoms with van der Waals surface area (Å²) in [5, 5.41) is 11.3. The number of benzene rings is 1. The number of hydrogen-bond acceptors (Lipinski definition) is 2. The molecule has 160 valence electrons. The van der Waals surface area contributed by atoms with Gasteiger partial charge in [-0.3, -0.25) is 4.79 Å². The summed E-state index contributed by atoms with van der Waals surface area (Å²) in [6.45, 7) is 4.59. The van der Waals surface area contributed by atoms with E-state index in [0.29, 0.717) is 17.8 Å². The average molecular weight is 410 g/mol. The summed E-state index contributed by atoms with van der Waals surface area (Å²) in [6.07, 6.45) is 10.6. The Morgan fingerprint density at radius 1 is 1.20 bits per heavy atom. The van der Waals surface area contributed by atoms with Gasteiger partial charge in [-0.05, 0) is 79.2 Å². The zero-order valence-electron chi connectivity index (χ0n) is 18.1. The van der Waals surface area contributed by atoms with Crippen molar-refractivity contribution in [3.05, 3.63) is 53.4 Å². The average Bonchev–Trinajstić information content (AvgIpc) is 2.96. The Morgan fingerprint density at radius 3 is 2.77 bits per heavy atom. The lowest BCUT2D eigenvalue weighted by atomic mass is 9.48. The first-order valence-electron chi connectivity index (χ1n) is 11.3. The van der Waals surface area contributed by atoms with Crippen LogP contribution in [0.3, 0.4) is 0 Å². The van der Waals surface area contributed by atoms with Crippen molar-refractivity contribution >= 4 is 12.0 Å². The number of rotatable bonds is 1. The highest BCUT2D eigenvalue weighted by atomic mass is 19.1. The number of halogens is 1. The van der Waals surface area contributed by atoms with E-state index in [2.05, 4.69) is 19.9 Å². The van der Waals surface area contributed by atoms with Gasteiger partial charge in [-0.15, -0.1) is 0 Å². The number of fused-ring (bicyclic) bond motifs is 5. The summed E-state index contributed by atoms with van der Waals surface area (Å²) < 4.78 is 13.7. The number of nitrogens with zero attached hydrogens (tertiary/aromatic N) is 1. The third-order valence-electron chi connectivity index (χ3n) is 9.20. The molecule has 3 saturated carbocycles. The summed E-state index contributed by atoms with van der Waals surface area (Å²) >= 11 is 0. The van der Waals surface area contributed by atoms with Gasteiger partial charge in [0.1, 0.15) is 5.82 Å². The van der Waals surface area contributed by atoms with E-state index in [1.54, 1.807) is 18.2 Å². The van der Waals surface area contributed by atoms with Crippen LogP contribution in [0.15, 0.2) is 42.0 Å². The van der Waals surface area contributed by atoms with E-state index in [0.717, 1.165) is 43.2 Å². The van der Waals surface area contributed by atoms with E-state index in [-0.39, 0.29) is 28.6 Å². The van der Waals surface area contributed by atoms with Gasteiger partial charge in [0.15, 0.2) is 0 Å². The van der Waals surface area contributed by atoms with Crippen molar-refractivity contribution in [2.24, 2.45) is 28.6 Å². The van der Waals surface area contributed by atoms with Gasteiger partial charge in [-0.1, -0.05) is 38.1 Å². The van der Waals surface area contributed by atoms with Crippen LogP contribution in [-0.2, 0) is 4.79 Å². The van der Waals surface area contributed by atoms with Gasteiger partial charge in [0, 0.05) is 23.9 Å². The van der Waals surface area contributed by atoms with Gasteiger partial charge in [-0.25, -0.2) is 4.39 Å². The Balaban J connectivity index is 1.48. The minimum atomic E-state index is -0.469. The molecular formula is C26H32FNO2. The Labute approximate surface area is 178 Å². The van der Waals surface area contributed by atoms with Crippen molar-refractivity contribution in [3.63, 3.8) is 0 Å². The molecule has 1 aliphatic heterocycles. The fraction of sp³-hybridized carbons (Fsp3) is 0.577. The molecule has 0 spiro atoms. The summed E-state index contributed by atoms with van der Waals surface area (Å²) in [5.41, 5.74) is 1.76. The molecule has 30 heavy (non-hydrogen) atoms. The van der Waals surface area contributed by atoms with Gasteiger partial charge in [0.05, 0.1) is 6.10 Å². The number of likely N-dealkylation sites (N-methyl/N-ethyl adjacent to an activating group) is 1. The normalized spacial score (nSPS) is 44.0. The van der Waals surface area contributed by atoms with E-state index in [1.807, 2.05) is 24.1 Å². The molecule has 3 fully saturated rings. The lowest BCUT2D eigenvalue weighted by Crippen LogP contribution is -2.59. The third-order valence-corrected chi connectivity index (χ3v) is 9.20. The Kier molecular flexibility index (Phi) is 4.52. The fourth-order valence-electron chi connectivity index (χ4n) is 7.55. The van der Waals surface area contributed by atoms with Crippen LogP contribution in [0.1, 0.15) is 51.5 Å². The van der Waals surface area contributed by atoms with E-state index in [4.69, 9.17) is 0 Å². The first kappa shape index (κ1) is 20.0. The summed E-state index contributed by atoms with van der Waals surface area (Å²) in [7, 11) is 1.95. The number of carbonyl (C=O) groups excluding carboxylic acids is 1. The van der Waals surface area contributed by atoms with Crippen LogP contribution in [-0.4, -0.2) is 35.1 Å². The van der Waals surface area contributed by atoms with E-state index >= 15 is 0 Å². The number of aliphatic hydroxyl groups excluding tert-OH is 1. The largest absolute Gasteiger partial charge is 0.388 e. The minimum Gasteiger partial charge on any atom is -0.388 e. The van der Waals surface area contributed by atoms with E-state index in [9.17, 15) is 14.3 Å². The van der Waals surface area contributed by atoms with Gasteiger partial charge in [0.25, 0.3) is 0 Å². The van der Waals surface area contributed by atoms with Crippen molar-refractivity contribution in [1.29, 1.82) is 0 Å². The third kappa shape index (κ3) is 2.76. The Hall–Kier alpha value is -1.94. The molecule has 3 nitrogen and oxygen atoms in total. The van der Waals surface area contributed by atoms with Crippen LogP contribution in [0.25, 0.3) is 6.08 Å². The molecule has 4 heteroatoms. The molecule has 3 aliphatic carbocycles. The maximum absolute atomic E-state index is 13.7. The second-order valence-corrected chi connectivity index (χ2v) is 10.5. The van der Waals surface area contributed by atoms with Gasteiger partial charge in [0.2, 0.25) is 5.91 Å². The molecule has 1 N–H and O–H groups in total. The van der Waals surface area contributed by atoms with Gasteiger partial charge in [-0.2, -0.15) is 0 Å². The zero-order chi connectivity index (χ0) is 21.3. The summed E-state index contributed by atoms with van der Waals surface area (Å²) in [6, 6.07) is 6.90. The molecular weight excluding hydrogens is 377 g/mol. The molecule has 7 atom stereocenters. The van der Waals surface area contributed by atoms with Crippen LogP contribution >= 0.6 is 0 Å². The van der Waals surface area contributed by atoms with Crippen LogP contribution in [0.5, 0.6) is 0 Å². The molecule has 2 unspecified atom stereocenters. The summed E-state index contributed by atoms with van der Waals surface area (Å²) in [4.78, 5) is 14.2. The second-order valence-electron chi connectivity index (χ2n) is 10.5.